The highest BCUT2D eigenvalue weighted by Crippen LogP contribution is 2.56. The fourth-order valence-corrected chi connectivity index (χ4v) is 3.64. The van der Waals surface area contributed by atoms with E-state index in [4.69, 9.17) is 11.6 Å². The van der Waals surface area contributed by atoms with E-state index in [0.717, 1.165) is 6.07 Å². The highest BCUT2D eigenvalue weighted by Gasteiger charge is 2.74. The van der Waals surface area contributed by atoms with Gasteiger partial charge in [-0.15, -0.1) is 0 Å². The van der Waals surface area contributed by atoms with Crippen LogP contribution < -0.4 is 0 Å². The second kappa shape index (κ2) is 6.70. The second-order valence-corrected chi connectivity index (χ2v) is 6.72. The van der Waals surface area contributed by atoms with Crippen molar-refractivity contribution < 1.29 is 30.7 Å². The molecular weight excluding hydrogens is 510 g/mol. The van der Waals surface area contributed by atoms with Crippen LogP contribution in [0.4, 0.5) is 30.7 Å². The molecule has 0 bridgehead atoms. The smallest absolute Gasteiger partial charge is 0.244 e. The molecule has 2 aromatic rings. The third kappa shape index (κ3) is 3.52. The normalized spacial score (nSPS) is 13.2. The highest BCUT2D eigenvalue weighted by atomic mass is 79.9. The molecule has 0 N–H and O–H groups in total. The fraction of sp³-hybridized carbons (Fsp3) is 0.214. The van der Waals surface area contributed by atoms with Gasteiger partial charge in [0.15, 0.2) is 0 Å². The van der Waals surface area contributed by atoms with Gasteiger partial charge in [-0.2, -0.15) is 26.3 Å². The maximum Gasteiger partial charge on any atom is 0.435 e. The van der Waals surface area contributed by atoms with Gasteiger partial charge in [0.05, 0.1) is 0 Å². The van der Waals surface area contributed by atoms with Gasteiger partial charge in [-0.05, 0) is 34.1 Å². The van der Waals surface area contributed by atoms with E-state index >= 15 is 0 Å². The summed E-state index contributed by atoms with van der Waals surface area (Å²) in [4.78, 5) is 3.60. The van der Waals surface area contributed by atoms with Crippen LogP contribution in [0.5, 0.6) is 0 Å². The number of hydrogen-bond donors (Lipinski definition) is 0. The zero-order valence-electron chi connectivity index (χ0n) is 11.5. The van der Waals surface area contributed by atoms with Crippen molar-refractivity contribution in [1.29, 1.82) is 0 Å². The van der Waals surface area contributed by atoms with Crippen molar-refractivity contribution in [3.63, 3.8) is 0 Å². The van der Waals surface area contributed by atoms with E-state index in [1.165, 1.54) is 12.3 Å². The second-order valence-electron chi connectivity index (χ2n) is 4.72. The van der Waals surface area contributed by atoms with Crippen LogP contribution in [-0.4, -0.2) is 17.3 Å². The van der Waals surface area contributed by atoms with Crippen molar-refractivity contribution in [2.45, 2.75) is 18.0 Å². The van der Waals surface area contributed by atoms with Gasteiger partial charge in [-0.3, -0.25) is 0 Å². The minimum atomic E-state index is -6.27. The number of rotatable bonds is 2. The molecule has 11 heteroatoms. The maximum absolute atomic E-state index is 14.6. The summed E-state index contributed by atoms with van der Waals surface area (Å²) in [6.07, 6.45) is -11.4. The Balaban J connectivity index is 2.97. The Morgan fingerprint density at radius 1 is 1.00 bits per heavy atom. The molecule has 1 aromatic heterocycles. The first kappa shape index (κ1) is 20.4. The molecule has 25 heavy (non-hydrogen) atoms. The molecule has 1 radical (unpaired) electrons. The van der Waals surface area contributed by atoms with E-state index in [2.05, 4.69) is 42.9 Å². The molecule has 1 aromatic carbocycles. The molecule has 1 nitrogen and oxygen atoms in total. The van der Waals surface area contributed by atoms with Gasteiger partial charge in [0, 0.05) is 37.9 Å². The average Bonchev–Trinajstić information content (AvgIpc) is 2.44. The van der Waals surface area contributed by atoms with Crippen LogP contribution in [0.1, 0.15) is 5.56 Å². The summed E-state index contributed by atoms with van der Waals surface area (Å²) in [7, 11) is 0. The van der Waals surface area contributed by atoms with Gasteiger partial charge >= 0.3 is 18.0 Å². The molecule has 135 valence electrons. The summed E-state index contributed by atoms with van der Waals surface area (Å²) in [5.41, 5.74) is -8.38. The minimum absolute atomic E-state index is 0.311. The number of pyridine rings is 1. The van der Waals surface area contributed by atoms with Crippen LogP contribution in [0.25, 0.3) is 11.1 Å². The first-order valence-corrected chi connectivity index (χ1v) is 8.12. The summed E-state index contributed by atoms with van der Waals surface area (Å²) in [5, 5.41) is -0.396. The molecule has 2 rings (SSSR count). The Hall–Kier alpha value is -0.870. The molecular formula is C14H4Br2ClF7N. The first-order valence-electron chi connectivity index (χ1n) is 6.15. The van der Waals surface area contributed by atoms with Crippen molar-refractivity contribution in [1.82, 2.24) is 4.98 Å². The molecule has 0 saturated heterocycles. The summed E-state index contributed by atoms with van der Waals surface area (Å²) >= 11 is 11.3. The lowest BCUT2D eigenvalue weighted by Gasteiger charge is -2.32. The van der Waals surface area contributed by atoms with Gasteiger partial charge in [-0.25, -0.2) is 9.37 Å². The van der Waals surface area contributed by atoms with Crippen LogP contribution in [-0.2, 0) is 5.67 Å². The molecule has 0 aliphatic rings. The molecule has 0 aliphatic carbocycles. The summed E-state index contributed by atoms with van der Waals surface area (Å²) in [6.45, 7) is 0. The molecule has 0 saturated carbocycles. The SMILES string of the molecule is FC(F)(F)C(F)(c1cc(Br)[c]c(Br)c1-c1cccnc1Cl)C(F)(F)F. The zero-order valence-corrected chi connectivity index (χ0v) is 15.5. The predicted molar refractivity (Wildman–Crippen MR) is 83.8 cm³/mol. The number of alkyl halides is 7. The lowest BCUT2D eigenvalue weighted by Crippen LogP contribution is -2.50. The number of aromatic nitrogens is 1. The highest BCUT2D eigenvalue weighted by molar-refractivity contribution is 9.11. The summed E-state index contributed by atoms with van der Waals surface area (Å²) < 4.78 is 92.9. The third-order valence-corrected chi connectivity index (χ3v) is 4.49. The van der Waals surface area contributed by atoms with Crippen molar-refractivity contribution in [2.75, 3.05) is 0 Å². The monoisotopic (exact) mass is 512 g/mol. The van der Waals surface area contributed by atoms with Crippen molar-refractivity contribution in [3.8, 4) is 11.1 Å². The lowest BCUT2D eigenvalue weighted by molar-refractivity contribution is -0.348. The molecule has 1 heterocycles. The molecule has 0 fully saturated rings. The molecule has 0 amide bonds. The lowest BCUT2D eigenvalue weighted by atomic mass is 9.87. The van der Waals surface area contributed by atoms with Crippen LogP contribution in [0.15, 0.2) is 33.3 Å². The summed E-state index contributed by atoms with van der Waals surface area (Å²) in [6, 6.07) is 5.15. The van der Waals surface area contributed by atoms with Gasteiger partial charge < -0.3 is 0 Å². The Morgan fingerprint density at radius 2 is 1.56 bits per heavy atom. The number of halogens is 10. The summed E-state index contributed by atoms with van der Waals surface area (Å²) in [5.74, 6) is 0. The molecule has 0 spiro atoms. The fourth-order valence-electron chi connectivity index (χ4n) is 2.09. The van der Waals surface area contributed by atoms with Crippen LogP contribution >= 0.6 is 43.5 Å². The Labute approximate surface area is 158 Å². The number of hydrogen-bond acceptors (Lipinski definition) is 1. The topological polar surface area (TPSA) is 12.9 Å². The Morgan fingerprint density at radius 3 is 2.04 bits per heavy atom. The van der Waals surface area contributed by atoms with Gasteiger partial charge in [0.1, 0.15) is 5.15 Å². The van der Waals surface area contributed by atoms with E-state index in [1.807, 2.05) is 0 Å². The van der Waals surface area contributed by atoms with E-state index < -0.39 is 34.3 Å². The van der Waals surface area contributed by atoms with Crippen LogP contribution in [0.3, 0.4) is 0 Å². The molecule has 0 unspecified atom stereocenters. The third-order valence-electron chi connectivity index (χ3n) is 3.17. The average molecular weight is 514 g/mol. The largest absolute Gasteiger partial charge is 0.435 e. The van der Waals surface area contributed by atoms with Crippen molar-refractivity contribution in [3.05, 3.63) is 50.1 Å². The standard InChI is InChI=1S/C14H4Br2ClF7N/c15-6-4-8(12(18,13(19,20)21)14(22,23)24)10(9(16)5-6)7-2-1-3-25-11(7)17/h1-4H. The Kier molecular flexibility index (Phi) is 5.48. The van der Waals surface area contributed by atoms with Gasteiger partial charge in [0.25, 0.3) is 0 Å². The molecule has 0 atom stereocenters. The maximum atomic E-state index is 14.6. The van der Waals surface area contributed by atoms with Crippen LogP contribution in [0.2, 0.25) is 5.15 Å². The van der Waals surface area contributed by atoms with Crippen molar-refractivity contribution >= 4 is 43.5 Å². The van der Waals surface area contributed by atoms with E-state index in [9.17, 15) is 30.7 Å². The van der Waals surface area contributed by atoms with Gasteiger partial charge in [-0.1, -0.05) is 27.5 Å². The molecule has 0 aliphatic heterocycles. The van der Waals surface area contributed by atoms with Crippen molar-refractivity contribution in [2.24, 2.45) is 0 Å². The first-order chi connectivity index (χ1) is 11.3. The Bertz CT molecular complexity index is 791. The number of nitrogens with zero attached hydrogens (tertiary/aromatic N) is 1. The van der Waals surface area contributed by atoms with Gasteiger partial charge in [0.2, 0.25) is 0 Å². The van der Waals surface area contributed by atoms with E-state index in [1.54, 1.807) is 0 Å². The number of benzene rings is 1. The quantitative estimate of drug-likeness (QED) is 0.310. The van der Waals surface area contributed by atoms with E-state index in [-0.39, 0.29) is 14.5 Å². The predicted octanol–water partition coefficient (Wildman–Crippen LogP) is 7.02. The van der Waals surface area contributed by atoms with E-state index in [0.29, 0.717) is 6.07 Å². The zero-order chi connectivity index (χ0) is 19.2. The van der Waals surface area contributed by atoms with Crippen LogP contribution in [0, 0.1) is 6.07 Å². The minimum Gasteiger partial charge on any atom is -0.244 e.